The highest BCUT2D eigenvalue weighted by Crippen LogP contribution is 2.46. The van der Waals surface area contributed by atoms with Crippen LogP contribution in [0.4, 0.5) is 0 Å². The van der Waals surface area contributed by atoms with Gasteiger partial charge in [-0.2, -0.15) is 0 Å². The Morgan fingerprint density at radius 3 is 2.50 bits per heavy atom. The van der Waals surface area contributed by atoms with E-state index in [9.17, 15) is 19.2 Å². The Morgan fingerprint density at radius 2 is 1.90 bits per heavy atom. The van der Waals surface area contributed by atoms with Gasteiger partial charge in [0.05, 0.1) is 6.10 Å². The highest BCUT2D eigenvalue weighted by Gasteiger charge is 2.64. The summed E-state index contributed by atoms with van der Waals surface area (Å²) in [6, 6.07) is 0. The summed E-state index contributed by atoms with van der Waals surface area (Å²) >= 11 is 0. The van der Waals surface area contributed by atoms with Crippen LogP contribution < -0.4 is 0 Å². The van der Waals surface area contributed by atoms with Crippen molar-refractivity contribution < 1.29 is 38.1 Å². The Labute approximate surface area is 175 Å². The van der Waals surface area contributed by atoms with E-state index >= 15 is 0 Å². The molecule has 2 bridgehead atoms. The molecule has 0 saturated carbocycles. The molecule has 5 unspecified atom stereocenters. The predicted molar refractivity (Wildman–Crippen MR) is 103 cm³/mol. The lowest BCUT2D eigenvalue weighted by Gasteiger charge is -2.35. The molecule has 2 fully saturated rings. The second-order valence-corrected chi connectivity index (χ2v) is 8.57. The molecule has 1 spiro atoms. The second kappa shape index (κ2) is 8.11. The highest BCUT2D eigenvalue weighted by atomic mass is 16.7. The van der Waals surface area contributed by atoms with Gasteiger partial charge in [0.25, 0.3) is 0 Å². The lowest BCUT2D eigenvalue weighted by Crippen LogP contribution is -2.50. The fraction of sp³-hybridized carbons (Fsp3) is 0.714. The number of ketones is 1. The molecule has 0 aliphatic carbocycles. The lowest BCUT2D eigenvalue weighted by atomic mass is 9.81. The van der Waals surface area contributed by atoms with Crippen LogP contribution in [0.15, 0.2) is 11.6 Å². The zero-order valence-corrected chi connectivity index (χ0v) is 18.1. The van der Waals surface area contributed by atoms with Crippen LogP contribution in [0, 0.1) is 5.92 Å². The molecule has 30 heavy (non-hydrogen) atoms. The highest BCUT2D eigenvalue weighted by molar-refractivity contribution is 6.01. The summed E-state index contributed by atoms with van der Waals surface area (Å²) in [5.41, 5.74) is -2.70. The van der Waals surface area contributed by atoms with Crippen LogP contribution in [0.25, 0.3) is 0 Å². The first-order valence-electron chi connectivity index (χ1n) is 10.2. The normalized spacial score (nSPS) is 38.2. The van der Waals surface area contributed by atoms with E-state index in [2.05, 4.69) is 0 Å². The molecule has 3 aliphatic rings. The van der Waals surface area contributed by atoms with Crippen molar-refractivity contribution >= 4 is 23.7 Å². The van der Waals surface area contributed by atoms with Crippen LogP contribution in [0.5, 0.6) is 0 Å². The van der Waals surface area contributed by atoms with Crippen molar-refractivity contribution in [2.45, 2.75) is 63.9 Å². The number of carbonyl (C=O) groups excluding carboxylic acids is 4. The maximum atomic E-state index is 13.1. The van der Waals surface area contributed by atoms with Gasteiger partial charge in [-0.3, -0.25) is 9.59 Å². The van der Waals surface area contributed by atoms with Crippen molar-refractivity contribution in [3.8, 4) is 0 Å². The Bertz CT molecular complexity index is 792. The number of hydrogen-bond donors (Lipinski definition) is 0. The number of esters is 3. The van der Waals surface area contributed by atoms with Crippen LogP contribution >= 0.6 is 0 Å². The van der Waals surface area contributed by atoms with E-state index in [0.717, 1.165) is 0 Å². The maximum Gasteiger partial charge on any atom is 0.350 e. The Balaban J connectivity index is 2.01. The first-order chi connectivity index (χ1) is 14.0. The Hall–Kier alpha value is -2.26. The van der Waals surface area contributed by atoms with Gasteiger partial charge in [-0.15, -0.1) is 0 Å². The zero-order chi connectivity index (χ0) is 22.3. The van der Waals surface area contributed by atoms with E-state index < -0.39 is 53.0 Å². The standard InChI is InChI=1S/C21H29NO8/c1-12-10-21(13(2)29-21)19(26)28-16-7-9-22(5)8-6-15(17(16)24)11-27-18(25)20(12,4)30-14(3)23/h6,12-13,16H,7-11H2,1-5H3. The second-order valence-electron chi connectivity index (χ2n) is 8.57. The third-order valence-corrected chi connectivity index (χ3v) is 6.28. The number of fused-ring (bicyclic) bond motifs is 2. The smallest absolute Gasteiger partial charge is 0.350 e. The van der Waals surface area contributed by atoms with Crippen LogP contribution in [-0.2, 0) is 38.1 Å². The molecule has 166 valence electrons. The van der Waals surface area contributed by atoms with Crippen molar-refractivity contribution in [1.29, 1.82) is 0 Å². The van der Waals surface area contributed by atoms with Crippen LogP contribution in [-0.4, -0.2) is 78.7 Å². The number of hydrogen-bond acceptors (Lipinski definition) is 9. The number of rotatable bonds is 1. The summed E-state index contributed by atoms with van der Waals surface area (Å²) in [5, 5.41) is 0. The van der Waals surface area contributed by atoms with Gasteiger partial charge in [-0.25, -0.2) is 9.59 Å². The summed E-state index contributed by atoms with van der Waals surface area (Å²) < 4.78 is 22.0. The monoisotopic (exact) mass is 423 g/mol. The number of epoxide rings is 1. The topological polar surface area (TPSA) is 112 Å². The molecule has 0 N–H and O–H groups in total. The van der Waals surface area contributed by atoms with Gasteiger partial charge in [0.1, 0.15) is 6.61 Å². The summed E-state index contributed by atoms with van der Waals surface area (Å²) in [7, 11) is 1.88. The summed E-state index contributed by atoms with van der Waals surface area (Å²) in [4.78, 5) is 52.7. The molecule has 0 aromatic carbocycles. The average molecular weight is 423 g/mol. The van der Waals surface area contributed by atoms with Gasteiger partial charge in [0.15, 0.2) is 11.7 Å². The van der Waals surface area contributed by atoms with Crippen molar-refractivity contribution in [3.05, 3.63) is 11.6 Å². The van der Waals surface area contributed by atoms with E-state index in [1.54, 1.807) is 19.9 Å². The van der Waals surface area contributed by atoms with E-state index in [1.807, 2.05) is 11.9 Å². The summed E-state index contributed by atoms with van der Waals surface area (Å²) in [5.74, 6) is -3.06. The van der Waals surface area contributed by atoms with Gasteiger partial charge in [0, 0.05) is 37.9 Å². The Morgan fingerprint density at radius 1 is 1.23 bits per heavy atom. The fourth-order valence-electron chi connectivity index (χ4n) is 3.98. The maximum absolute atomic E-state index is 13.1. The molecule has 0 aromatic rings. The number of cyclic esters (lactones) is 1. The zero-order valence-electron chi connectivity index (χ0n) is 18.1. The number of Topliss-reactive ketones (excluding diaryl/α,β-unsaturated/α-hetero) is 1. The van der Waals surface area contributed by atoms with Crippen molar-refractivity contribution in [2.75, 3.05) is 26.7 Å². The molecule has 9 heteroatoms. The first kappa shape index (κ1) is 22.4. The largest absolute Gasteiger partial charge is 0.458 e. The molecule has 5 atom stereocenters. The average Bonchev–Trinajstić information content (AvgIpc) is 3.32. The molecule has 0 radical (unpaired) electrons. The van der Waals surface area contributed by atoms with Gasteiger partial charge >= 0.3 is 17.9 Å². The predicted octanol–water partition coefficient (Wildman–Crippen LogP) is 0.792. The number of likely N-dealkylation sites (N-methyl/N-ethyl adjacent to an activating group) is 1. The van der Waals surface area contributed by atoms with Crippen LogP contribution in [0.1, 0.15) is 40.5 Å². The fourth-order valence-corrected chi connectivity index (χ4v) is 3.98. The quantitative estimate of drug-likeness (QED) is 0.343. The molecular weight excluding hydrogens is 394 g/mol. The van der Waals surface area contributed by atoms with E-state index in [-0.39, 0.29) is 18.6 Å². The van der Waals surface area contributed by atoms with Gasteiger partial charge < -0.3 is 23.8 Å². The van der Waals surface area contributed by atoms with Crippen LogP contribution in [0.2, 0.25) is 0 Å². The van der Waals surface area contributed by atoms with Crippen molar-refractivity contribution in [1.82, 2.24) is 4.90 Å². The minimum Gasteiger partial charge on any atom is -0.458 e. The van der Waals surface area contributed by atoms with Gasteiger partial charge in [-0.1, -0.05) is 13.0 Å². The van der Waals surface area contributed by atoms with E-state index in [1.165, 1.54) is 13.8 Å². The first-order valence-corrected chi connectivity index (χ1v) is 10.2. The van der Waals surface area contributed by atoms with E-state index in [0.29, 0.717) is 19.5 Å². The number of nitrogens with zero attached hydrogens (tertiary/aromatic N) is 1. The van der Waals surface area contributed by atoms with Gasteiger partial charge in [0.2, 0.25) is 11.4 Å². The van der Waals surface area contributed by atoms with Crippen molar-refractivity contribution in [3.63, 3.8) is 0 Å². The minimum absolute atomic E-state index is 0.0788. The summed E-state index contributed by atoms with van der Waals surface area (Å²) in [6.45, 7) is 6.82. The minimum atomic E-state index is -1.65. The molecule has 3 heterocycles. The third-order valence-electron chi connectivity index (χ3n) is 6.28. The lowest BCUT2D eigenvalue weighted by molar-refractivity contribution is -0.187. The third kappa shape index (κ3) is 4.13. The van der Waals surface area contributed by atoms with E-state index in [4.69, 9.17) is 18.9 Å². The molecule has 2 saturated heterocycles. The Kier molecular flexibility index (Phi) is 6.06. The SMILES string of the molecule is CC(=O)OC1(C)C(=O)OCC2=CCN(C)CCC(OC(=O)C3(CC1C)OC3C)C2=O. The van der Waals surface area contributed by atoms with Gasteiger partial charge in [-0.05, 0) is 27.3 Å². The molecule has 9 nitrogen and oxygen atoms in total. The van der Waals surface area contributed by atoms with Crippen LogP contribution in [0.3, 0.4) is 0 Å². The molecule has 0 aromatic heterocycles. The number of ether oxygens (including phenoxy) is 4. The van der Waals surface area contributed by atoms with Crippen molar-refractivity contribution in [2.24, 2.45) is 5.92 Å². The summed E-state index contributed by atoms with van der Waals surface area (Å²) in [6.07, 6.45) is 0.648. The molecule has 3 aliphatic heterocycles. The molecule has 3 rings (SSSR count). The molecular formula is C21H29NO8. The number of carbonyl (C=O) groups is 4. The molecule has 0 amide bonds.